The summed E-state index contributed by atoms with van der Waals surface area (Å²) in [7, 11) is 1.66. The lowest BCUT2D eigenvalue weighted by molar-refractivity contribution is -0.128. The minimum atomic E-state index is -0.105. The first-order valence-electron chi connectivity index (χ1n) is 11.2. The third-order valence-electron chi connectivity index (χ3n) is 6.18. The van der Waals surface area contributed by atoms with Gasteiger partial charge in [0.05, 0.1) is 26.4 Å². The molecule has 1 atom stereocenters. The molecule has 2 aliphatic rings. The standard InChI is InChI=1S/C25H31N3O4/c1-31-22-9-7-20(8-10-22)23(27-12-14-32-15-13-27)17-26-25(30)21-5-2-4-19(16-21)18-28-11-3-6-24(28)29/h2,4-5,7-10,16,23H,3,6,11-15,17-18H2,1H3,(H,26,30)/t23-/m0/s1. The summed E-state index contributed by atoms with van der Waals surface area (Å²) in [6.07, 6.45) is 1.53. The normalized spacial score (nSPS) is 17.9. The molecule has 2 aromatic rings. The van der Waals surface area contributed by atoms with Gasteiger partial charge in [0.1, 0.15) is 5.75 Å². The van der Waals surface area contributed by atoms with Crippen LogP contribution in [-0.2, 0) is 16.1 Å². The van der Waals surface area contributed by atoms with Crippen LogP contribution in [0.2, 0.25) is 0 Å². The Labute approximate surface area is 189 Å². The number of carbonyl (C=O) groups excluding carboxylic acids is 2. The van der Waals surface area contributed by atoms with E-state index in [1.807, 2.05) is 41.3 Å². The van der Waals surface area contributed by atoms with Crippen molar-refractivity contribution in [2.24, 2.45) is 0 Å². The van der Waals surface area contributed by atoms with E-state index in [1.165, 1.54) is 0 Å². The van der Waals surface area contributed by atoms with Gasteiger partial charge in [0.15, 0.2) is 0 Å². The van der Waals surface area contributed by atoms with Gasteiger partial charge >= 0.3 is 0 Å². The number of ether oxygens (including phenoxy) is 2. The zero-order chi connectivity index (χ0) is 22.3. The van der Waals surface area contributed by atoms with Gasteiger partial charge in [0, 0.05) is 44.7 Å². The number of hydrogen-bond donors (Lipinski definition) is 1. The highest BCUT2D eigenvalue weighted by molar-refractivity contribution is 5.94. The summed E-state index contributed by atoms with van der Waals surface area (Å²) < 4.78 is 10.8. The van der Waals surface area contributed by atoms with E-state index < -0.39 is 0 Å². The molecule has 2 saturated heterocycles. The molecule has 0 aromatic heterocycles. The van der Waals surface area contributed by atoms with Gasteiger partial charge in [-0.2, -0.15) is 0 Å². The van der Waals surface area contributed by atoms with Crippen LogP contribution in [0, 0.1) is 0 Å². The lowest BCUT2D eigenvalue weighted by Crippen LogP contribution is -2.43. The van der Waals surface area contributed by atoms with Crippen molar-refractivity contribution >= 4 is 11.8 Å². The summed E-state index contributed by atoms with van der Waals surface area (Å²) in [5, 5.41) is 3.12. The van der Waals surface area contributed by atoms with E-state index in [9.17, 15) is 9.59 Å². The zero-order valence-corrected chi connectivity index (χ0v) is 18.6. The average molecular weight is 438 g/mol. The van der Waals surface area contributed by atoms with Crippen LogP contribution in [0.15, 0.2) is 48.5 Å². The fraction of sp³-hybridized carbons (Fsp3) is 0.440. The number of carbonyl (C=O) groups is 2. The Morgan fingerprint density at radius 3 is 2.59 bits per heavy atom. The van der Waals surface area contributed by atoms with E-state index >= 15 is 0 Å². The molecule has 0 spiro atoms. The lowest BCUT2D eigenvalue weighted by Gasteiger charge is -2.35. The first-order chi connectivity index (χ1) is 15.6. The highest BCUT2D eigenvalue weighted by Crippen LogP contribution is 2.24. The van der Waals surface area contributed by atoms with Crippen LogP contribution in [0.3, 0.4) is 0 Å². The predicted molar refractivity (Wildman–Crippen MR) is 122 cm³/mol. The van der Waals surface area contributed by atoms with E-state index in [2.05, 4.69) is 22.3 Å². The SMILES string of the molecule is COc1ccc([C@H](CNC(=O)c2cccc(CN3CCCC3=O)c2)N2CCOCC2)cc1. The Morgan fingerprint density at radius 2 is 1.91 bits per heavy atom. The monoisotopic (exact) mass is 437 g/mol. The van der Waals surface area contributed by atoms with Gasteiger partial charge in [-0.05, 0) is 41.8 Å². The van der Waals surface area contributed by atoms with E-state index in [0.717, 1.165) is 42.9 Å². The molecule has 1 N–H and O–H groups in total. The summed E-state index contributed by atoms with van der Waals surface area (Å²) in [4.78, 5) is 29.1. The summed E-state index contributed by atoms with van der Waals surface area (Å²) >= 11 is 0. The first-order valence-corrected chi connectivity index (χ1v) is 11.2. The van der Waals surface area contributed by atoms with Crippen molar-refractivity contribution in [3.63, 3.8) is 0 Å². The Morgan fingerprint density at radius 1 is 1.12 bits per heavy atom. The van der Waals surface area contributed by atoms with Crippen molar-refractivity contribution in [1.29, 1.82) is 0 Å². The summed E-state index contributed by atoms with van der Waals surface area (Å²) in [6.45, 7) is 4.88. The maximum absolute atomic E-state index is 13.0. The second-order valence-corrected chi connectivity index (χ2v) is 8.27. The van der Waals surface area contributed by atoms with Crippen LogP contribution in [-0.4, -0.2) is 68.1 Å². The maximum Gasteiger partial charge on any atom is 0.251 e. The first kappa shape index (κ1) is 22.3. The number of amides is 2. The zero-order valence-electron chi connectivity index (χ0n) is 18.6. The Kier molecular flexibility index (Phi) is 7.39. The van der Waals surface area contributed by atoms with Gasteiger partial charge < -0.3 is 19.7 Å². The van der Waals surface area contributed by atoms with Crippen LogP contribution in [0.5, 0.6) is 5.75 Å². The molecule has 0 radical (unpaired) electrons. The van der Waals surface area contributed by atoms with Crippen LogP contribution in [0.4, 0.5) is 0 Å². The minimum absolute atomic E-state index is 0.0548. The highest BCUT2D eigenvalue weighted by Gasteiger charge is 2.24. The fourth-order valence-electron chi connectivity index (χ4n) is 4.37. The van der Waals surface area contributed by atoms with Crippen LogP contribution >= 0.6 is 0 Å². The quantitative estimate of drug-likeness (QED) is 0.688. The number of nitrogens with zero attached hydrogens (tertiary/aromatic N) is 2. The van der Waals surface area contributed by atoms with E-state index in [-0.39, 0.29) is 17.9 Å². The second-order valence-electron chi connectivity index (χ2n) is 8.27. The number of benzene rings is 2. The number of nitrogens with one attached hydrogen (secondary N) is 1. The van der Waals surface area contributed by atoms with Crippen molar-refractivity contribution in [1.82, 2.24) is 15.1 Å². The molecule has 0 unspecified atom stereocenters. The minimum Gasteiger partial charge on any atom is -0.497 e. The van der Waals surface area contributed by atoms with Crippen molar-refractivity contribution in [2.45, 2.75) is 25.4 Å². The number of morpholine rings is 1. The maximum atomic E-state index is 13.0. The fourth-order valence-corrected chi connectivity index (χ4v) is 4.37. The van der Waals surface area contributed by atoms with Crippen molar-refractivity contribution in [2.75, 3.05) is 46.5 Å². The number of methoxy groups -OCH3 is 1. The van der Waals surface area contributed by atoms with Gasteiger partial charge in [-0.3, -0.25) is 14.5 Å². The smallest absolute Gasteiger partial charge is 0.251 e. The third-order valence-corrected chi connectivity index (χ3v) is 6.18. The van der Waals surface area contributed by atoms with Gasteiger partial charge in [-0.25, -0.2) is 0 Å². The molecule has 7 heteroatoms. The lowest BCUT2D eigenvalue weighted by atomic mass is 10.0. The predicted octanol–water partition coefficient (Wildman–Crippen LogP) is 2.62. The number of hydrogen-bond acceptors (Lipinski definition) is 5. The average Bonchev–Trinajstić information content (AvgIpc) is 3.24. The van der Waals surface area contributed by atoms with E-state index in [1.54, 1.807) is 7.11 Å². The topological polar surface area (TPSA) is 71.1 Å². The molecule has 2 aromatic carbocycles. The highest BCUT2D eigenvalue weighted by atomic mass is 16.5. The molecule has 2 fully saturated rings. The number of rotatable bonds is 8. The van der Waals surface area contributed by atoms with E-state index in [4.69, 9.17) is 9.47 Å². The van der Waals surface area contributed by atoms with Gasteiger partial charge in [0.25, 0.3) is 5.91 Å². The summed E-state index contributed by atoms with van der Waals surface area (Å²) in [5.74, 6) is 0.894. The molecule has 2 aliphatic heterocycles. The van der Waals surface area contributed by atoms with Crippen LogP contribution in [0.1, 0.15) is 40.4 Å². The van der Waals surface area contributed by atoms with Crippen molar-refractivity contribution in [3.8, 4) is 5.75 Å². The van der Waals surface area contributed by atoms with Crippen molar-refractivity contribution < 1.29 is 19.1 Å². The van der Waals surface area contributed by atoms with Crippen molar-refractivity contribution in [3.05, 3.63) is 65.2 Å². The molecule has 4 rings (SSSR count). The molecular formula is C25H31N3O4. The molecule has 7 nitrogen and oxygen atoms in total. The summed E-state index contributed by atoms with van der Waals surface area (Å²) in [5.41, 5.74) is 2.73. The summed E-state index contributed by atoms with van der Waals surface area (Å²) in [6, 6.07) is 15.6. The largest absolute Gasteiger partial charge is 0.497 e. The molecule has 2 amide bonds. The Hall–Kier alpha value is -2.90. The number of likely N-dealkylation sites (tertiary alicyclic amines) is 1. The molecule has 0 bridgehead atoms. The third kappa shape index (κ3) is 5.47. The molecule has 2 heterocycles. The van der Waals surface area contributed by atoms with Crippen LogP contribution < -0.4 is 10.1 Å². The second kappa shape index (κ2) is 10.6. The van der Waals surface area contributed by atoms with Crippen LogP contribution in [0.25, 0.3) is 0 Å². The van der Waals surface area contributed by atoms with Gasteiger partial charge in [-0.1, -0.05) is 24.3 Å². The Balaban J connectivity index is 1.43. The molecule has 0 saturated carbocycles. The molecular weight excluding hydrogens is 406 g/mol. The van der Waals surface area contributed by atoms with Gasteiger partial charge in [0.2, 0.25) is 5.91 Å². The van der Waals surface area contributed by atoms with E-state index in [0.29, 0.717) is 38.3 Å². The molecule has 32 heavy (non-hydrogen) atoms. The van der Waals surface area contributed by atoms with Gasteiger partial charge in [-0.15, -0.1) is 0 Å². The Bertz CT molecular complexity index is 925. The molecule has 0 aliphatic carbocycles. The molecule has 170 valence electrons.